The average molecular weight is 220 g/mol. The number of carboxylic acids is 1. The minimum atomic E-state index is -1.15. The molecule has 0 saturated carbocycles. The summed E-state index contributed by atoms with van der Waals surface area (Å²) < 4.78 is 4.58. The lowest BCUT2D eigenvalue weighted by Crippen LogP contribution is -2.13. The normalized spacial score (nSPS) is 9.56. The highest BCUT2D eigenvalue weighted by Gasteiger charge is 2.20. The Balaban J connectivity index is 3.39. The lowest BCUT2D eigenvalue weighted by molar-refractivity contribution is 0.0581. The Bertz CT molecular complexity index is 435. The van der Waals surface area contributed by atoms with Crippen molar-refractivity contribution in [2.45, 2.75) is 6.42 Å². The van der Waals surface area contributed by atoms with E-state index in [1.54, 1.807) is 18.2 Å². The van der Waals surface area contributed by atoms with Crippen LogP contribution in [0.15, 0.2) is 30.9 Å². The van der Waals surface area contributed by atoms with Crippen molar-refractivity contribution in [3.8, 4) is 0 Å². The molecule has 0 radical (unpaired) electrons. The van der Waals surface area contributed by atoms with Crippen LogP contribution in [0.25, 0.3) is 0 Å². The largest absolute Gasteiger partial charge is 0.478 e. The van der Waals surface area contributed by atoms with Gasteiger partial charge in [-0.15, -0.1) is 6.58 Å². The van der Waals surface area contributed by atoms with Crippen LogP contribution in [0.2, 0.25) is 0 Å². The van der Waals surface area contributed by atoms with Crippen molar-refractivity contribution in [1.29, 1.82) is 0 Å². The third kappa shape index (κ3) is 2.28. The summed E-state index contributed by atoms with van der Waals surface area (Å²) in [5.74, 6) is -1.79. The van der Waals surface area contributed by atoms with Gasteiger partial charge in [-0.05, 0) is 18.1 Å². The van der Waals surface area contributed by atoms with Gasteiger partial charge < -0.3 is 9.84 Å². The van der Waals surface area contributed by atoms with Gasteiger partial charge in [-0.1, -0.05) is 18.2 Å². The maximum atomic E-state index is 11.5. The highest BCUT2D eigenvalue weighted by atomic mass is 16.5. The minimum Gasteiger partial charge on any atom is -0.478 e. The van der Waals surface area contributed by atoms with Crippen molar-refractivity contribution in [3.63, 3.8) is 0 Å². The molecule has 0 heterocycles. The zero-order valence-electron chi connectivity index (χ0n) is 8.90. The number of methoxy groups -OCH3 is 1. The van der Waals surface area contributed by atoms with E-state index >= 15 is 0 Å². The summed E-state index contributed by atoms with van der Waals surface area (Å²) in [7, 11) is 1.22. The second-order valence-electron chi connectivity index (χ2n) is 3.13. The van der Waals surface area contributed by atoms with Gasteiger partial charge in [-0.2, -0.15) is 0 Å². The number of allylic oxidation sites excluding steroid dienone is 1. The topological polar surface area (TPSA) is 63.6 Å². The van der Waals surface area contributed by atoms with E-state index in [4.69, 9.17) is 5.11 Å². The second kappa shape index (κ2) is 5.11. The van der Waals surface area contributed by atoms with Crippen molar-refractivity contribution in [3.05, 3.63) is 47.5 Å². The van der Waals surface area contributed by atoms with Crippen LogP contribution in [0, 0.1) is 0 Å². The number of ether oxygens (including phenoxy) is 1. The number of rotatable bonds is 4. The van der Waals surface area contributed by atoms with E-state index in [2.05, 4.69) is 11.3 Å². The standard InChI is InChI=1S/C12H12O4/c1-3-5-8-6-4-7-9(11(13)14)10(8)12(15)16-2/h3-4,6-7H,1,5H2,2H3,(H,13,14). The van der Waals surface area contributed by atoms with Gasteiger partial charge >= 0.3 is 11.9 Å². The number of hydrogen-bond donors (Lipinski definition) is 1. The summed E-state index contributed by atoms with van der Waals surface area (Å²) in [5.41, 5.74) is 0.644. The minimum absolute atomic E-state index is 0.0498. The van der Waals surface area contributed by atoms with Crippen molar-refractivity contribution in [1.82, 2.24) is 0 Å². The van der Waals surface area contributed by atoms with E-state index in [0.29, 0.717) is 12.0 Å². The molecule has 0 atom stereocenters. The van der Waals surface area contributed by atoms with Crippen LogP contribution >= 0.6 is 0 Å². The first-order valence-corrected chi connectivity index (χ1v) is 4.66. The zero-order valence-corrected chi connectivity index (χ0v) is 8.90. The molecule has 0 bridgehead atoms. The average Bonchev–Trinajstić information content (AvgIpc) is 2.28. The molecule has 1 aromatic rings. The van der Waals surface area contributed by atoms with Crippen LogP contribution in [-0.2, 0) is 11.2 Å². The Kier molecular flexibility index (Phi) is 3.83. The lowest BCUT2D eigenvalue weighted by Gasteiger charge is -2.08. The third-order valence-corrected chi connectivity index (χ3v) is 2.13. The predicted octanol–water partition coefficient (Wildman–Crippen LogP) is 1.90. The van der Waals surface area contributed by atoms with Gasteiger partial charge in [0.2, 0.25) is 0 Å². The predicted molar refractivity (Wildman–Crippen MR) is 58.6 cm³/mol. The van der Waals surface area contributed by atoms with E-state index in [9.17, 15) is 9.59 Å². The third-order valence-electron chi connectivity index (χ3n) is 2.13. The molecule has 0 saturated heterocycles. The molecular formula is C12H12O4. The number of hydrogen-bond acceptors (Lipinski definition) is 3. The number of carbonyl (C=O) groups is 2. The van der Waals surface area contributed by atoms with Gasteiger partial charge in [0.05, 0.1) is 18.2 Å². The Morgan fingerprint density at radius 1 is 1.50 bits per heavy atom. The van der Waals surface area contributed by atoms with E-state index < -0.39 is 11.9 Å². The van der Waals surface area contributed by atoms with Crippen LogP contribution in [0.5, 0.6) is 0 Å². The number of carbonyl (C=O) groups excluding carboxylic acids is 1. The van der Waals surface area contributed by atoms with E-state index in [1.807, 2.05) is 0 Å². The molecule has 1 rings (SSSR count). The van der Waals surface area contributed by atoms with Gasteiger partial charge in [0.25, 0.3) is 0 Å². The number of benzene rings is 1. The van der Waals surface area contributed by atoms with Crippen molar-refractivity contribution in [2.75, 3.05) is 7.11 Å². The van der Waals surface area contributed by atoms with Crippen LogP contribution in [0.3, 0.4) is 0 Å². The maximum Gasteiger partial charge on any atom is 0.339 e. The van der Waals surface area contributed by atoms with E-state index in [-0.39, 0.29) is 11.1 Å². The smallest absolute Gasteiger partial charge is 0.339 e. The molecule has 84 valence electrons. The Hall–Kier alpha value is -2.10. The molecule has 4 nitrogen and oxygen atoms in total. The molecule has 0 aromatic heterocycles. The van der Waals surface area contributed by atoms with Gasteiger partial charge in [0.1, 0.15) is 0 Å². The number of esters is 1. The molecule has 0 spiro atoms. The fraction of sp³-hybridized carbons (Fsp3) is 0.167. The molecular weight excluding hydrogens is 208 g/mol. The summed E-state index contributed by atoms with van der Waals surface area (Å²) in [6, 6.07) is 4.65. The summed E-state index contributed by atoms with van der Waals surface area (Å²) in [4.78, 5) is 22.5. The molecule has 4 heteroatoms. The monoisotopic (exact) mass is 220 g/mol. The van der Waals surface area contributed by atoms with Gasteiger partial charge in [0.15, 0.2) is 0 Å². The van der Waals surface area contributed by atoms with Crippen molar-refractivity contribution in [2.24, 2.45) is 0 Å². The van der Waals surface area contributed by atoms with Gasteiger partial charge in [-0.25, -0.2) is 9.59 Å². The molecule has 0 aliphatic heterocycles. The molecule has 1 aromatic carbocycles. The van der Waals surface area contributed by atoms with E-state index in [1.165, 1.54) is 13.2 Å². The SMILES string of the molecule is C=CCc1cccc(C(=O)O)c1C(=O)OC. The second-order valence-corrected chi connectivity index (χ2v) is 3.13. The first kappa shape index (κ1) is 12.0. The highest BCUT2D eigenvalue weighted by molar-refractivity contribution is 6.03. The summed E-state index contributed by atoms with van der Waals surface area (Å²) in [6.45, 7) is 3.56. The van der Waals surface area contributed by atoms with Crippen LogP contribution in [0.4, 0.5) is 0 Å². The summed E-state index contributed by atoms with van der Waals surface area (Å²) in [5, 5.41) is 8.97. The molecule has 0 aliphatic carbocycles. The quantitative estimate of drug-likeness (QED) is 0.621. The lowest BCUT2D eigenvalue weighted by atomic mass is 9.99. The van der Waals surface area contributed by atoms with Crippen molar-refractivity contribution >= 4 is 11.9 Å². The molecule has 0 aliphatic rings. The van der Waals surface area contributed by atoms with Gasteiger partial charge in [0, 0.05) is 0 Å². The summed E-state index contributed by atoms with van der Waals surface area (Å²) >= 11 is 0. The van der Waals surface area contributed by atoms with Crippen LogP contribution in [0.1, 0.15) is 26.3 Å². The molecule has 0 fully saturated rings. The zero-order chi connectivity index (χ0) is 12.1. The first-order chi connectivity index (χ1) is 7.61. The van der Waals surface area contributed by atoms with Gasteiger partial charge in [-0.3, -0.25) is 0 Å². The van der Waals surface area contributed by atoms with Crippen LogP contribution in [-0.4, -0.2) is 24.2 Å². The first-order valence-electron chi connectivity index (χ1n) is 4.66. The molecule has 1 N–H and O–H groups in total. The Morgan fingerprint density at radius 2 is 2.19 bits per heavy atom. The fourth-order valence-electron chi connectivity index (χ4n) is 1.45. The summed E-state index contributed by atoms with van der Waals surface area (Å²) in [6.07, 6.45) is 2.03. The Labute approximate surface area is 93.2 Å². The molecule has 16 heavy (non-hydrogen) atoms. The maximum absolute atomic E-state index is 11.5. The van der Waals surface area contributed by atoms with E-state index in [0.717, 1.165) is 0 Å². The highest BCUT2D eigenvalue weighted by Crippen LogP contribution is 2.17. The Morgan fingerprint density at radius 3 is 2.69 bits per heavy atom. The fourth-order valence-corrected chi connectivity index (χ4v) is 1.45. The molecule has 0 amide bonds. The number of aromatic carboxylic acids is 1. The molecule has 0 unspecified atom stereocenters. The van der Waals surface area contributed by atoms with Crippen molar-refractivity contribution < 1.29 is 19.4 Å². The van der Waals surface area contributed by atoms with Crippen LogP contribution < -0.4 is 0 Å². The number of carboxylic acid groups (broad SMARTS) is 1.